The molecule has 7 nitrogen and oxygen atoms in total. The number of amides is 1. The molecule has 0 saturated carbocycles. The highest BCUT2D eigenvalue weighted by molar-refractivity contribution is 7.89. The highest BCUT2D eigenvalue weighted by atomic mass is 35.5. The normalized spacial score (nSPS) is 15.5. The lowest BCUT2D eigenvalue weighted by Crippen LogP contribution is -2.48. The minimum atomic E-state index is -3.86. The number of benzene rings is 2. The Labute approximate surface area is 227 Å². The van der Waals surface area contributed by atoms with Crippen molar-refractivity contribution in [1.29, 1.82) is 0 Å². The molecule has 2 heterocycles. The summed E-state index contributed by atoms with van der Waals surface area (Å²) in [5.41, 5.74) is 1.96. The lowest BCUT2D eigenvalue weighted by molar-refractivity contribution is -0.135. The third kappa shape index (κ3) is 6.12. The van der Waals surface area contributed by atoms with E-state index >= 15 is 0 Å². The number of thiophene rings is 1. The Morgan fingerprint density at radius 2 is 1.89 bits per heavy atom. The van der Waals surface area contributed by atoms with Crippen LogP contribution in [0.5, 0.6) is 11.5 Å². The quantitative estimate of drug-likeness (QED) is 0.334. The average Bonchev–Trinajstić information content (AvgIpc) is 3.38. The minimum absolute atomic E-state index is 0.131. The average molecular weight is 563 g/mol. The number of hydrogen-bond donors (Lipinski definition) is 0. The number of ether oxygens (including phenoxy) is 2. The third-order valence-corrected chi connectivity index (χ3v) is 9.71. The lowest BCUT2D eigenvalue weighted by Gasteiger charge is -2.37. The zero-order chi connectivity index (χ0) is 26.6. The number of hydrogen-bond acceptors (Lipinski definition) is 6. The SMILES string of the molecule is CCCN(CC(=O)N1CCc2sccc2[C@@H]1COc1ccc(Cl)c(C)c1)S(=O)(=O)c1ccc(OC)cc1. The van der Waals surface area contributed by atoms with E-state index in [9.17, 15) is 13.2 Å². The molecule has 1 aliphatic rings. The smallest absolute Gasteiger partial charge is 0.243 e. The Morgan fingerprint density at radius 1 is 1.16 bits per heavy atom. The van der Waals surface area contributed by atoms with Crippen LogP contribution in [0.25, 0.3) is 0 Å². The second kappa shape index (κ2) is 11.9. The molecule has 0 bridgehead atoms. The molecule has 37 heavy (non-hydrogen) atoms. The number of carbonyl (C=O) groups excluding carboxylic acids is 1. The number of rotatable bonds is 10. The van der Waals surface area contributed by atoms with Gasteiger partial charge in [-0.15, -0.1) is 11.3 Å². The molecule has 4 rings (SSSR count). The molecule has 1 amide bonds. The molecule has 1 aliphatic heterocycles. The number of carbonyl (C=O) groups is 1. The molecule has 10 heteroatoms. The number of fused-ring (bicyclic) bond motifs is 1. The molecule has 0 unspecified atom stereocenters. The number of sulfonamides is 1. The van der Waals surface area contributed by atoms with Crippen molar-refractivity contribution in [3.8, 4) is 11.5 Å². The maximum atomic E-state index is 13.6. The van der Waals surface area contributed by atoms with Crippen molar-refractivity contribution in [2.45, 2.75) is 37.6 Å². The van der Waals surface area contributed by atoms with Crippen LogP contribution in [0, 0.1) is 6.92 Å². The summed E-state index contributed by atoms with van der Waals surface area (Å²) in [4.78, 5) is 16.8. The van der Waals surface area contributed by atoms with Crippen LogP contribution in [0.15, 0.2) is 58.8 Å². The summed E-state index contributed by atoms with van der Waals surface area (Å²) in [5.74, 6) is 0.991. The van der Waals surface area contributed by atoms with Crippen LogP contribution < -0.4 is 9.47 Å². The maximum Gasteiger partial charge on any atom is 0.243 e. The summed E-state index contributed by atoms with van der Waals surface area (Å²) < 4.78 is 39.4. The predicted octanol–water partition coefficient (Wildman–Crippen LogP) is 5.32. The van der Waals surface area contributed by atoms with E-state index in [0.717, 1.165) is 17.5 Å². The van der Waals surface area contributed by atoms with Gasteiger partial charge in [0.15, 0.2) is 0 Å². The fourth-order valence-corrected chi connectivity index (χ4v) is 6.96. The van der Waals surface area contributed by atoms with Gasteiger partial charge in [-0.25, -0.2) is 8.42 Å². The van der Waals surface area contributed by atoms with E-state index in [-0.39, 0.29) is 36.5 Å². The van der Waals surface area contributed by atoms with Gasteiger partial charge in [-0.05, 0) is 84.8 Å². The predicted molar refractivity (Wildman–Crippen MR) is 146 cm³/mol. The van der Waals surface area contributed by atoms with Crippen LogP contribution in [-0.4, -0.2) is 56.9 Å². The van der Waals surface area contributed by atoms with E-state index in [1.165, 1.54) is 28.4 Å². The van der Waals surface area contributed by atoms with Gasteiger partial charge >= 0.3 is 0 Å². The zero-order valence-electron chi connectivity index (χ0n) is 21.1. The minimum Gasteiger partial charge on any atom is -0.497 e. The van der Waals surface area contributed by atoms with Crippen LogP contribution in [-0.2, 0) is 21.2 Å². The van der Waals surface area contributed by atoms with Crippen molar-refractivity contribution in [3.63, 3.8) is 0 Å². The Bertz CT molecular complexity index is 1340. The lowest BCUT2D eigenvalue weighted by atomic mass is 10.0. The number of halogens is 1. The van der Waals surface area contributed by atoms with Gasteiger partial charge in [0, 0.05) is 23.0 Å². The van der Waals surface area contributed by atoms with Crippen LogP contribution in [0.2, 0.25) is 5.02 Å². The van der Waals surface area contributed by atoms with Gasteiger partial charge in [0.1, 0.15) is 18.1 Å². The molecule has 198 valence electrons. The van der Waals surface area contributed by atoms with Gasteiger partial charge in [0.2, 0.25) is 15.9 Å². The first-order valence-corrected chi connectivity index (χ1v) is 14.8. The number of nitrogens with zero attached hydrogens (tertiary/aromatic N) is 2. The Morgan fingerprint density at radius 3 is 2.57 bits per heavy atom. The third-order valence-electron chi connectivity index (χ3n) is 6.43. The van der Waals surface area contributed by atoms with Gasteiger partial charge in [0.05, 0.1) is 24.6 Å². The molecule has 2 aromatic carbocycles. The maximum absolute atomic E-state index is 13.6. The molecular formula is C27H31ClN2O5S2. The molecule has 0 aliphatic carbocycles. The van der Waals surface area contributed by atoms with Crippen LogP contribution in [0.3, 0.4) is 0 Å². The van der Waals surface area contributed by atoms with Gasteiger partial charge < -0.3 is 14.4 Å². The van der Waals surface area contributed by atoms with E-state index in [0.29, 0.717) is 29.5 Å². The number of aryl methyl sites for hydroxylation is 1. The first-order chi connectivity index (χ1) is 17.7. The molecule has 0 fully saturated rings. The van der Waals surface area contributed by atoms with E-state index in [1.807, 2.05) is 37.4 Å². The van der Waals surface area contributed by atoms with Gasteiger partial charge in [-0.2, -0.15) is 4.31 Å². The monoisotopic (exact) mass is 562 g/mol. The summed E-state index contributed by atoms with van der Waals surface area (Å²) in [6, 6.07) is 13.4. The van der Waals surface area contributed by atoms with Gasteiger partial charge in [-0.3, -0.25) is 4.79 Å². The number of methoxy groups -OCH3 is 1. The summed E-state index contributed by atoms with van der Waals surface area (Å²) in [6.07, 6.45) is 1.31. The fraction of sp³-hybridized carbons (Fsp3) is 0.370. The summed E-state index contributed by atoms with van der Waals surface area (Å²) in [7, 11) is -2.34. The molecule has 0 saturated heterocycles. The van der Waals surface area contributed by atoms with Crippen molar-refractivity contribution < 1.29 is 22.7 Å². The van der Waals surface area contributed by atoms with Crippen LogP contribution >= 0.6 is 22.9 Å². The van der Waals surface area contributed by atoms with E-state index in [4.69, 9.17) is 21.1 Å². The molecule has 1 atom stereocenters. The van der Waals surface area contributed by atoms with Gasteiger partial charge in [0.25, 0.3) is 0 Å². The summed E-state index contributed by atoms with van der Waals surface area (Å²) in [6.45, 7) is 4.57. The second-order valence-electron chi connectivity index (χ2n) is 8.89. The van der Waals surface area contributed by atoms with E-state index in [2.05, 4.69) is 0 Å². The van der Waals surface area contributed by atoms with Crippen molar-refractivity contribution in [3.05, 3.63) is 74.9 Å². The first kappa shape index (κ1) is 27.4. The first-order valence-electron chi connectivity index (χ1n) is 12.1. The Balaban J connectivity index is 1.55. The standard InChI is InChI=1S/C27H31ClN2O5S2/c1-4-13-29(37(32,33)22-8-5-20(34-3)6-9-22)17-27(31)30-14-11-26-23(12-15-36-26)25(30)18-35-21-7-10-24(28)19(2)16-21/h5-10,12,15-16,25H,4,11,13-14,17-18H2,1-3H3/t25-/m0/s1. The topological polar surface area (TPSA) is 76.2 Å². The summed E-state index contributed by atoms with van der Waals surface area (Å²) >= 11 is 7.82. The molecule has 1 aromatic heterocycles. The molecule has 0 radical (unpaired) electrons. The highest BCUT2D eigenvalue weighted by Crippen LogP contribution is 2.34. The van der Waals surface area contributed by atoms with Crippen molar-refractivity contribution >= 4 is 38.9 Å². The molecule has 0 spiro atoms. The van der Waals surface area contributed by atoms with Crippen LogP contribution in [0.4, 0.5) is 0 Å². The Kier molecular flexibility index (Phi) is 8.79. The second-order valence-corrected chi connectivity index (χ2v) is 12.2. The van der Waals surface area contributed by atoms with E-state index in [1.54, 1.807) is 34.4 Å². The highest BCUT2D eigenvalue weighted by Gasteiger charge is 2.35. The van der Waals surface area contributed by atoms with Crippen LogP contribution in [0.1, 0.15) is 35.4 Å². The zero-order valence-corrected chi connectivity index (χ0v) is 23.5. The molecular weight excluding hydrogens is 532 g/mol. The Hall–Kier alpha value is -2.59. The fourth-order valence-electron chi connectivity index (χ4n) is 4.43. The van der Waals surface area contributed by atoms with Crippen molar-refractivity contribution in [2.24, 2.45) is 0 Å². The van der Waals surface area contributed by atoms with Crippen molar-refractivity contribution in [1.82, 2.24) is 9.21 Å². The summed E-state index contributed by atoms with van der Waals surface area (Å²) in [5, 5.41) is 2.69. The molecule has 0 N–H and O–H groups in total. The van der Waals surface area contributed by atoms with E-state index < -0.39 is 10.0 Å². The molecule has 3 aromatic rings. The van der Waals surface area contributed by atoms with Crippen molar-refractivity contribution in [2.75, 3.05) is 33.4 Å². The van der Waals surface area contributed by atoms with Gasteiger partial charge in [-0.1, -0.05) is 18.5 Å². The largest absolute Gasteiger partial charge is 0.497 e.